The number of nitrogens with zero attached hydrogens (tertiary/aromatic N) is 1. The van der Waals surface area contributed by atoms with E-state index in [-0.39, 0.29) is 17.1 Å². The van der Waals surface area contributed by atoms with Gasteiger partial charge in [-0.15, -0.1) is 0 Å². The van der Waals surface area contributed by atoms with Crippen LogP contribution in [0.1, 0.15) is 40.2 Å². The van der Waals surface area contributed by atoms with Crippen LogP contribution in [-0.4, -0.2) is 46.9 Å². The monoisotopic (exact) mass is 484 g/mol. The highest BCUT2D eigenvalue weighted by Gasteiger charge is 2.44. The highest BCUT2D eigenvalue weighted by atomic mass is 16.3. The van der Waals surface area contributed by atoms with Crippen molar-refractivity contribution in [2.45, 2.75) is 38.3 Å². The van der Waals surface area contributed by atoms with Gasteiger partial charge in [-0.3, -0.25) is 14.4 Å². The van der Waals surface area contributed by atoms with E-state index in [0.29, 0.717) is 50.0 Å². The van der Waals surface area contributed by atoms with E-state index >= 15 is 0 Å². The molecule has 2 aliphatic rings. The van der Waals surface area contributed by atoms with Gasteiger partial charge in [-0.1, -0.05) is 29.8 Å². The minimum Gasteiger partial charge on any atom is -0.451 e. The molecule has 6 rings (SSSR count). The molecule has 0 unspecified atom stereocenters. The highest BCUT2D eigenvalue weighted by Crippen LogP contribution is 2.30. The third-order valence-electron chi connectivity index (χ3n) is 7.50. The second kappa shape index (κ2) is 8.64. The van der Waals surface area contributed by atoms with Crippen molar-refractivity contribution in [2.75, 3.05) is 19.6 Å². The lowest BCUT2D eigenvalue weighted by atomic mass is 9.85. The van der Waals surface area contributed by atoms with Crippen LogP contribution in [0.4, 0.5) is 0 Å². The number of benzene rings is 2. The zero-order chi connectivity index (χ0) is 24.9. The Hall–Kier alpha value is -3.91. The number of amides is 2. The molecule has 0 bridgehead atoms. The third kappa shape index (κ3) is 3.78. The summed E-state index contributed by atoms with van der Waals surface area (Å²) in [5.41, 5.74) is 3.32. The Kier molecular flexibility index (Phi) is 5.41. The van der Waals surface area contributed by atoms with Gasteiger partial charge in [-0.2, -0.15) is 0 Å². The molecule has 0 radical (unpaired) electrons. The van der Waals surface area contributed by atoms with Crippen molar-refractivity contribution < 1.29 is 14.0 Å². The standard InChI is InChI=1S/C28H28N4O4/c1-17-6-7-24-20(14-17)23(33)15-25(36-24)26(34)31-28(9-11-29-12-10-28)27(35)32-13-8-19-18-4-2-3-5-21(18)30-22(19)16-32/h2-7,14-15,29-30H,8-13,16H2,1H3,(H,31,34). The summed E-state index contributed by atoms with van der Waals surface area (Å²) in [6, 6.07) is 14.7. The lowest BCUT2D eigenvalue weighted by molar-refractivity contribution is -0.140. The average molecular weight is 485 g/mol. The molecule has 2 aliphatic heterocycles. The first-order valence-electron chi connectivity index (χ1n) is 12.4. The van der Waals surface area contributed by atoms with Gasteiger partial charge in [-0.05, 0) is 63.0 Å². The van der Waals surface area contributed by atoms with Gasteiger partial charge in [0.2, 0.25) is 5.91 Å². The van der Waals surface area contributed by atoms with Crippen LogP contribution in [0.25, 0.3) is 21.9 Å². The van der Waals surface area contributed by atoms with Gasteiger partial charge < -0.3 is 24.9 Å². The predicted octanol–water partition coefficient (Wildman–Crippen LogP) is 3.02. The summed E-state index contributed by atoms with van der Waals surface area (Å²) in [6.45, 7) is 4.17. The fourth-order valence-electron chi connectivity index (χ4n) is 5.58. The Morgan fingerprint density at radius 3 is 2.69 bits per heavy atom. The van der Waals surface area contributed by atoms with Gasteiger partial charge in [0.1, 0.15) is 11.1 Å². The SMILES string of the molecule is Cc1ccc2oc(C(=O)NC3(C(=O)N4CCc5c([nH]c6ccccc56)C4)CCNCC3)cc(=O)c2c1. The van der Waals surface area contributed by atoms with Crippen molar-refractivity contribution in [3.05, 3.63) is 81.3 Å². The molecule has 1 saturated heterocycles. The maximum Gasteiger partial charge on any atom is 0.288 e. The Bertz CT molecular complexity index is 1560. The van der Waals surface area contributed by atoms with Crippen molar-refractivity contribution in [3.8, 4) is 0 Å². The first-order chi connectivity index (χ1) is 17.4. The molecule has 0 aliphatic carbocycles. The molecule has 0 atom stereocenters. The number of carbonyl (C=O) groups is 2. The summed E-state index contributed by atoms with van der Waals surface area (Å²) in [7, 11) is 0. The van der Waals surface area contributed by atoms with Crippen molar-refractivity contribution in [1.29, 1.82) is 0 Å². The quantitative estimate of drug-likeness (QED) is 0.414. The molecular formula is C28H28N4O4. The van der Waals surface area contributed by atoms with Gasteiger partial charge in [0.05, 0.1) is 11.9 Å². The molecule has 3 N–H and O–H groups in total. The molecule has 0 spiro atoms. The normalized spacial score (nSPS) is 17.2. The van der Waals surface area contributed by atoms with E-state index in [1.807, 2.05) is 36.1 Å². The highest BCUT2D eigenvalue weighted by molar-refractivity contribution is 5.98. The van der Waals surface area contributed by atoms with Crippen LogP contribution in [0, 0.1) is 6.92 Å². The fraction of sp³-hybridized carbons (Fsp3) is 0.321. The van der Waals surface area contributed by atoms with E-state index in [1.165, 1.54) is 17.0 Å². The molecule has 1 fully saturated rings. The van der Waals surface area contributed by atoms with Crippen LogP contribution >= 0.6 is 0 Å². The summed E-state index contributed by atoms with van der Waals surface area (Å²) in [6.07, 6.45) is 1.68. The van der Waals surface area contributed by atoms with E-state index in [2.05, 4.69) is 21.7 Å². The molecule has 4 heterocycles. The topological polar surface area (TPSA) is 107 Å². The lowest BCUT2D eigenvalue weighted by Crippen LogP contribution is -2.63. The first kappa shape index (κ1) is 22.5. The third-order valence-corrected chi connectivity index (χ3v) is 7.50. The number of aromatic nitrogens is 1. The second-order valence-electron chi connectivity index (χ2n) is 9.87. The molecule has 2 aromatic heterocycles. The van der Waals surface area contributed by atoms with Crippen molar-refractivity contribution in [2.24, 2.45) is 0 Å². The van der Waals surface area contributed by atoms with Crippen molar-refractivity contribution in [3.63, 3.8) is 0 Å². The van der Waals surface area contributed by atoms with Gasteiger partial charge in [0.25, 0.3) is 5.91 Å². The van der Waals surface area contributed by atoms with Crippen LogP contribution in [0.15, 0.2) is 57.7 Å². The lowest BCUT2D eigenvalue weighted by Gasteiger charge is -2.41. The largest absolute Gasteiger partial charge is 0.451 e. The van der Waals surface area contributed by atoms with Gasteiger partial charge in [-0.25, -0.2) is 0 Å². The number of H-pyrrole nitrogens is 1. The second-order valence-corrected chi connectivity index (χ2v) is 9.87. The number of carbonyl (C=O) groups excluding carboxylic acids is 2. The number of aryl methyl sites for hydroxylation is 1. The molecular weight excluding hydrogens is 456 g/mol. The van der Waals surface area contributed by atoms with Crippen LogP contribution in [0.3, 0.4) is 0 Å². The maximum atomic E-state index is 14.0. The number of rotatable bonds is 3. The Morgan fingerprint density at radius 1 is 1.06 bits per heavy atom. The Morgan fingerprint density at radius 2 is 1.86 bits per heavy atom. The number of fused-ring (bicyclic) bond motifs is 4. The molecule has 36 heavy (non-hydrogen) atoms. The molecule has 0 saturated carbocycles. The molecule has 4 aromatic rings. The van der Waals surface area contributed by atoms with Crippen LogP contribution < -0.4 is 16.1 Å². The summed E-state index contributed by atoms with van der Waals surface area (Å²) < 4.78 is 5.79. The van der Waals surface area contributed by atoms with E-state index in [9.17, 15) is 14.4 Å². The molecule has 8 heteroatoms. The smallest absolute Gasteiger partial charge is 0.288 e. The number of nitrogens with one attached hydrogen (secondary N) is 3. The van der Waals surface area contributed by atoms with E-state index in [0.717, 1.165) is 23.2 Å². The summed E-state index contributed by atoms with van der Waals surface area (Å²) in [5.74, 6) is -0.729. The number of piperidine rings is 1. The summed E-state index contributed by atoms with van der Waals surface area (Å²) in [5, 5.41) is 7.90. The number of aromatic amines is 1. The zero-order valence-corrected chi connectivity index (χ0v) is 20.1. The molecule has 2 aromatic carbocycles. The molecule has 8 nitrogen and oxygen atoms in total. The van der Waals surface area contributed by atoms with E-state index in [1.54, 1.807) is 12.1 Å². The van der Waals surface area contributed by atoms with Gasteiger partial charge >= 0.3 is 0 Å². The number of hydrogen-bond donors (Lipinski definition) is 3. The Balaban J connectivity index is 1.29. The maximum absolute atomic E-state index is 14.0. The van der Waals surface area contributed by atoms with Crippen LogP contribution in [0.2, 0.25) is 0 Å². The van der Waals surface area contributed by atoms with Gasteiger partial charge in [0, 0.05) is 29.2 Å². The molecule has 2 amide bonds. The number of para-hydroxylation sites is 1. The van der Waals surface area contributed by atoms with E-state index in [4.69, 9.17) is 4.42 Å². The van der Waals surface area contributed by atoms with Crippen molar-refractivity contribution in [1.82, 2.24) is 20.5 Å². The summed E-state index contributed by atoms with van der Waals surface area (Å²) >= 11 is 0. The van der Waals surface area contributed by atoms with Crippen LogP contribution in [-0.2, 0) is 17.8 Å². The van der Waals surface area contributed by atoms with Crippen LogP contribution in [0.5, 0.6) is 0 Å². The summed E-state index contributed by atoms with van der Waals surface area (Å²) in [4.78, 5) is 45.3. The van der Waals surface area contributed by atoms with Gasteiger partial charge in [0.15, 0.2) is 11.2 Å². The average Bonchev–Trinajstić information content (AvgIpc) is 3.27. The van der Waals surface area contributed by atoms with Crippen molar-refractivity contribution >= 4 is 33.7 Å². The minimum absolute atomic E-state index is 0.0846. The first-order valence-corrected chi connectivity index (χ1v) is 12.4. The zero-order valence-electron chi connectivity index (χ0n) is 20.1. The number of hydrogen-bond acceptors (Lipinski definition) is 5. The van der Waals surface area contributed by atoms with E-state index < -0.39 is 11.4 Å². The molecule has 184 valence electrons. The fourth-order valence-corrected chi connectivity index (χ4v) is 5.58. The Labute approximate surface area is 207 Å². The minimum atomic E-state index is -1.06. The predicted molar refractivity (Wildman–Crippen MR) is 137 cm³/mol.